The number of hydrogen-bond acceptors (Lipinski definition) is 4. The number of rotatable bonds is 3. The van der Waals surface area contributed by atoms with Crippen molar-refractivity contribution in [1.29, 1.82) is 0 Å². The molecule has 9 rings (SSSR count). The fourth-order valence-electron chi connectivity index (χ4n) is 6.53. The standard InChI is InChI=1S/C37H22O4/c38-37(28-16-7-13-25-22-10-1-4-19-31(22)39-34(25)28,29-17-8-14-26-23-11-2-5-20-32(23)40-35(26)29)30-18-9-15-27-24-12-3-6-21-33(24)41-36(27)30/h1-21,38H. The minimum Gasteiger partial charge on any atom is -0.456 e. The van der Waals surface area contributed by atoms with Gasteiger partial charge >= 0.3 is 0 Å². The molecular formula is C37H22O4. The molecule has 0 saturated heterocycles. The van der Waals surface area contributed by atoms with E-state index in [9.17, 15) is 5.11 Å². The van der Waals surface area contributed by atoms with Crippen LogP contribution in [0.15, 0.2) is 141 Å². The lowest BCUT2D eigenvalue weighted by Crippen LogP contribution is -2.29. The lowest BCUT2D eigenvalue weighted by Gasteiger charge is -2.30. The highest BCUT2D eigenvalue weighted by Crippen LogP contribution is 2.48. The monoisotopic (exact) mass is 530 g/mol. The van der Waals surface area contributed by atoms with Gasteiger partial charge in [-0.05, 0) is 18.2 Å². The third kappa shape index (κ3) is 2.97. The van der Waals surface area contributed by atoms with Gasteiger partial charge in [0, 0.05) is 49.0 Å². The quantitative estimate of drug-likeness (QED) is 0.231. The molecule has 0 aliphatic carbocycles. The van der Waals surface area contributed by atoms with Crippen LogP contribution in [0.3, 0.4) is 0 Å². The van der Waals surface area contributed by atoms with Crippen LogP contribution < -0.4 is 0 Å². The van der Waals surface area contributed by atoms with Gasteiger partial charge in [-0.1, -0.05) is 109 Å². The van der Waals surface area contributed by atoms with E-state index in [1.807, 2.05) is 127 Å². The summed E-state index contributed by atoms with van der Waals surface area (Å²) in [6, 6.07) is 41.7. The first-order chi connectivity index (χ1) is 20.2. The second-order valence-electron chi connectivity index (χ2n) is 10.6. The zero-order chi connectivity index (χ0) is 27.1. The molecule has 41 heavy (non-hydrogen) atoms. The third-order valence-electron chi connectivity index (χ3n) is 8.38. The van der Waals surface area contributed by atoms with Crippen LogP contribution in [-0.4, -0.2) is 5.11 Å². The lowest BCUT2D eigenvalue weighted by atomic mass is 9.78. The molecule has 6 aromatic carbocycles. The van der Waals surface area contributed by atoms with E-state index in [-0.39, 0.29) is 0 Å². The van der Waals surface area contributed by atoms with Gasteiger partial charge < -0.3 is 18.4 Å². The van der Waals surface area contributed by atoms with Crippen LogP contribution in [0.25, 0.3) is 65.8 Å². The molecule has 9 aromatic rings. The summed E-state index contributed by atoms with van der Waals surface area (Å²) in [6.07, 6.45) is 0. The fourth-order valence-corrected chi connectivity index (χ4v) is 6.53. The Morgan fingerprint density at radius 3 is 0.976 bits per heavy atom. The Labute approximate surface area is 233 Å². The topological polar surface area (TPSA) is 59.7 Å². The van der Waals surface area contributed by atoms with E-state index >= 15 is 0 Å². The van der Waals surface area contributed by atoms with Crippen molar-refractivity contribution in [1.82, 2.24) is 0 Å². The van der Waals surface area contributed by atoms with Gasteiger partial charge in [-0.3, -0.25) is 0 Å². The van der Waals surface area contributed by atoms with Crippen molar-refractivity contribution in [3.05, 3.63) is 144 Å². The smallest absolute Gasteiger partial charge is 0.151 e. The first-order valence-corrected chi connectivity index (χ1v) is 13.7. The summed E-state index contributed by atoms with van der Waals surface area (Å²) in [6.45, 7) is 0. The second kappa shape index (κ2) is 8.10. The van der Waals surface area contributed by atoms with Gasteiger partial charge in [0.25, 0.3) is 0 Å². The molecule has 194 valence electrons. The Morgan fingerprint density at radius 2 is 0.634 bits per heavy atom. The number of benzene rings is 6. The first-order valence-electron chi connectivity index (χ1n) is 13.7. The first kappa shape index (κ1) is 22.5. The predicted octanol–water partition coefficient (Wildman–Crippen LogP) is 9.67. The normalized spacial score (nSPS) is 12.5. The van der Waals surface area contributed by atoms with Crippen molar-refractivity contribution in [2.75, 3.05) is 0 Å². The van der Waals surface area contributed by atoms with Crippen molar-refractivity contribution in [2.45, 2.75) is 5.60 Å². The third-order valence-corrected chi connectivity index (χ3v) is 8.38. The molecule has 1 N–H and O–H groups in total. The molecule has 0 spiro atoms. The Bertz CT molecular complexity index is 2180. The van der Waals surface area contributed by atoms with Gasteiger partial charge in [-0.25, -0.2) is 0 Å². The number of hydrogen-bond donors (Lipinski definition) is 1. The molecule has 0 aliphatic rings. The van der Waals surface area contributed by atoms with E-state index in [2.05, 4.69) is 0 Å². The van der Waals surface area contributed by atoms with Gasteiger partial charge in [0.15, 0.2) is 5.60 Å². The summed E-state index contributed by atoms with van der Waals surface area (Å²) < 4.78 is 19.5. The lowest BCUT2D eigenvalue weighted by molar-refractivity contribution is 0.127. The number of para-hydroxylation sites is 6. The van der Waals surface area contributed by atoms with E-state index < -0.39 is 5.60 Å². The average Bonchev–Trinajstić information content (AvgIpc) is 3.71. The largest absolute Gasteiger partial charge is 0.456 e. The van der Waals surface area contributed by atoms with Crippen LogP contribution in [0.1, 0.15) is 16.7 Å². The molecule has 0 bridgehead atoms. The summed E-state index contributed by atoms with van der Waals surface area (Å²) >= 11 is 0. The van der Waals surface area contributed by atoms with Crippen LogP contribution in [-0.2, 0) is 5.60 Å². The molecule has 4 heteroatoms. The Morgan fingerprint density at radius 1 is 0.341 bits per heavy atom. The highest BCUT2D eigenvalue weighted by molar-refractivity contribution is 6.10. The van der Waals surface area contributed by atoms with E-state index in [4.69, 9.17) is 13.3 Å². The zero-order valence-corrected chi connectivity index (χ0v) is 21.8. The summed E-state index contributed by atoms with van der Waals surface area (Å²) in [4.78, 5) is 0. The fraction of sp³-hybridized carbons (Fsp3) is 0.0270. The van der Waals surface area contributed by atoms with Gasteiger partial charge in [0.05, 0.1) is 0 Å². The Hall–Kier alpha value is -5.32. The highest BCUT2D eigenvalue weighted by Gasteiger charge is 2.41. The van der Waals surface area contributed by atoms with Crippen LogP contribution >= 0.6 is 0 Å². The van der Waals surface area contributed by atoms with E-state index in [0.29, 0.717) is 33.4 Å². The Kier molecular flexibility index (Phi) is 4.44. The van der Waals surface area contributed by atoms with Gasteiger partial charge in [-0.2, -0.15) is 0 Å². The molecule has 0 fully saturated rings. The van der Waals surface area contributed by atoms with Gasteiger partial charge in [-0.15, -0.1) is 0 Å². The molecule has 3 heterocycles. The van der Waals surface area contributed by atoms with Crippen molar-refractivity contribution >= 4 is 65.8 Å². The van der Waals surface area contributed by atoms with Gasteiger partial charge in [0.1, 0.15) is 33.5 Å². The summed E-state index contributed by atoms with van der Waals surface area (Å²) in [5.74, 6) is 0. The predicted molar refractivity (Wildman–Crippen MR) is 163 cm³/mol. The van der Waals surface area contributed by atoms with Crippen molar-refractivity contribution < 1.29 is 18.4 Å². The van der Waals surface area contributed by atoms with Crippen molar-refractivity contribution in [3.8, 4) is 0 Å². The SMILES string of the molecule is OC(c1cccc2c1oc1ccccc12)(c1cccc2c1oc1ccccc12)c1cccc2c1oc1ccccc12. The molecule has 3 aromatic heterocycles. The van der Waals surface area contributed by atoms with Crippen LogP contribution in [0.2, 0.25) is 0 Å². The maximum Gasteiger partial charge on any atom is 0.151 e. The molecule has 0 saturated carbocycles. The van der Waals surface area contributed by atoms with Gasteiger partial charge in [0.2, 0.25) is 0 Å². The summed E-state index contributed by atoms with van der Waals surface area (Å²) in [5, 5.41) is 19.2. The minimum atomic E-state index is -1.69. The van der Waals surface area contributed by atoms with Crippen molar-refractivity contribution in [3.63, 3.8) is 0 Å². The van der Waals surface area contributed by atoms with Crippen LogP contribution in [0.4, 0.5) is 0 Å². The number of fused-ring (bicyclic) bond motifs is 9. The van der Waals surface area contributed by atoms with E-state index in [1.54, 1.807) is 0 Å². The van der Waals surface area contributed by atoms with Crippen LogP contribution in [0.5, 0.6) is 0 Å². The second-order valence-corrected chi connectivity index (χ2v) is 10.6. The maximum absolute atomic E-state index is 13.4. The number of aliphatic hydroxyl groups is 1. The van der Waals surface area contributed by atoms with Crippen molar-refractivity contribution in [2.24, 2.45) is 0 Å². The molecule has 0 radical (unpaired) electrons. The molecule has 0 aliphatic heterocycles. The maximum atomic E-state index is 13.4. The summed E-state index contributed by atoms with van der Waals surface area (Å²) in [7, 11) is 0. The molecule has 4 nitrogen and oxygen atoms in total. The minimum absolute atomic E-state index is 0.618. The Balaban J connectivity index is 1.47. The molecule has 0 atom stereocenters. The van der Waals surface area contributed by atoms with E-state index in [1.165, 1.54) is 0 Å². The molecule has 0 unspecified atom stereocenters. The molecular weight excluding hydrogens is 508 g/mol. The summed E-state index contributed by atoms with van der Waals surface area (Å²) in [5.41, 5.74) is 4.33. The van der Waals surface area contributed by atoms with Crippen LogP contribution in [0, 0.1) is 0 Å². The number of furan rings is 3. The van der Waals surface area contributed by atoms with E-state index in [0.717, 1.165) is 49.1 Å². The average molecular weight is 531 g/mol. The molecule has 0 amide bonds. The highest BCUT2D eigenvalue weighted by atomic mass is 16.3. The zero-order valence-electron chi connectivity index (χ0n) is 21.8.